The average Bonchev–Trinajstić information content (AvgIpc) is 2.36. The van der Waals surface area contributed by atoms with Crippen LogP contribution in [0.5, 0.6) is 5.88 Å². The predicted octanol–water partition coefficient (Wildman–Crippen LogP) is 2.79. The normalized spacial score (nSPS) is 10.5. The quantitative estimate of drug-likeness (QED) is 0.616. The topological polar surface area (TPSA) is 47.9 Å². The molecule has 2 aromatic heterocycles. The van der Waals surface area contributed by atoms with Crippen LogP contribution in [0.15, 0.2) is 24.1 Å². The highest BCUT2D eigenvalue weighted by Gasteiger charge is 2.11. The number of hydrogen-bond acceptors (Lipinski definition) is 5. The lowest BCUT2D eigenvalue weighted by atomic mass is 10.1. The second kappa shape index (κ2) is 4.71. The lowest BCUT2D eigenvalue weighted by Crippen LogP contribution is -1.96. The highest BCUT2D eigenvalue weighted by atomic mass is 32.2. The molecule has 0 bridgehead atoms. The number of ether oxygens (including phenoxy) is 1. The molecule has 5 heteroatoms. The van der Waals surface area contributed by atoms with Crippen LogP contribution >= 0.6 is 11.8 Å². The van der Waals surface area contributed by atoms with E-state index in [1.165, 1.54) is 11.8 Å². The van der Waals surface area contributed by atoms with Gasteiger partial charge in [0.15, 0.2) is 5.16 Å². The van der Waals surface area contributed by atoms with Crippen molar-refractivity contribution in [1.82, 2.24) is 15.0 Å². The van der Waals surface area contributed by atoms with Crippen LogP contribution in [0.2, 0.25) is 0 Å². The Bertz CT molecular complexity index is 583. The minimum absolute atomic E-state index is 0.539. The van der Waals surface area contributed by atoms with Gasteiger partial charge in [0.05, 0.1) is 18.0 Å². The first kappa shape index (κ1) is 11.9. The molecule has 0 saturated heterocycles. The molecule has 0 aromatic carbocycles. The smallest absolute Gasteiger partial charge is 0.224 e. The molecule has 0 aliphatic rings. The summed E-state index contributed by atoms with van der Waals surface area (Å²) >= 11 is 1.50. The molecule has 4 nitrogen and oxygen atoms in total. The van der Waals surface area contributed by atoms with Gasteiger partial charge in [-0.3, -0.25) is 0 Å². The van der Waals surface area contributed by atoms with Crippen LogP contribution in [0.4, 0.5) is 0 Å². The molecule has 0 saturated carbocycles. The standard InChI is InChI=1S/C12H13N3OS/c1-7(2)8-5-13-11(16-3)9-6-14-12(17-4)15-10(8)9/h5-6H,1H2,2-4H3. The van der Waals surface area contributed by atoms with Crippen LogP contribution in [-0.2, 0) is 0 Å². The molecule has 88 valence electrons. The third kappa shape index (κ3) is 2.10. The number of fused-ring (bicyclic) bond motifs is 1. The monoisotopic (exact) mass is 247 g/mol. The molecule has 0 spiro atoms. The van der Waals surface area contributed by atoms with E-state index >= 15 is 0 Å². The maximum Gasteiger partial charge on any atom is 0.224 e. The number of allylic oxidation sites excluding steroid dienone is 1. The zero-order valence-electron chi connectivity index (χ0n) is 10.0. The predicted molar refractivity (Wildman–Crippen MR) is 70.4 cm³/mol. The molecule has 0 aliphatic heterocycles. The van der Waals surface area contributed by atoms with Crippen molar-refractivity contribution in [3.05, 3.63) is 24.5 Å². The summed E-state index contributed by atoms with van der Waals surface area (Å²) in [6, 6.07) is 0. The van der Waals surface area contributed by atoms with Crippen LogP contribution in [0.25, 0.3) is 16.5 Å². The van der Waals surface area contributed by atoms with Crippen molar-refractivity contribution in [3.8, 4) is 5.88 Å². The van der Waals surface area contributed by atoms with Crippen LogP contribution in [0.3, 0.4) is 0 Å². The maximum absolute atomic E-state index is 5.21. The zero-order valence-corrected chi connectivity index (χ0v) is 10.8. The first-order chi connectivity index (χ1) is 8.17. The van der Waals surface area contributed by atoms with E-state index in [9.17, 15) is 0 Å². The van der Waals surface area contributed by atoms with Crippen LogP contribution < -0.4 is 4.74 Å². The lowest BCUT2D eigenvalue weighted by molar-refractivity contribution is 0.403. The first-order valence-corrected chi connectivity index (χ1v) is 6.29. The fourth-order valence-electron chi connectivity index (χ4n) is 1.55. The van der Waals surface area contributed by atoms with Crippen LogP contribution in [0, 0.1) is 0 Å². The Kier molecular flexibility index (Phi) is 3.28. The molecule has 0 aliphatic carbocycles. The van der Waals surface area contributed by atoms with Crippen molar-refractivity contribution in [2.24, 2.45) is 0 Å². The third-order valence-corrected chi connectivity index (χ3v) is 2.96. The van der Waals surface area contributed by atoms with E-state index < -0.39 is 0 Å². The fraction of sp³-hybridized carbons (Fsp3) is 0.250. The van der Waals surface area contributed by atoms with E-state index in [1.807, 2.05) is 13.2 Å². The molecule has 0 atom stereocenters. The molecule has 0 fully saturated rings. The van der Waals surface area contributed by atoms with E-state index in [2.05, 4.69) is 21.5 Å². The Morgan fingerprint density at radius 3 is 2.71 bits per heavy atom. The number of hydrogen-bond donors (Lipinski definition) is 0. The van der Waals surface area contributed by atoms with E-state index in [1.54, 1.807) is 19.5 Å². The number of methoxy groups -OCH3 is 1. The number of nitrogens with zero attached hydrogens (tertiary/aromatic N) is 3. The number of pyridine rings is 1. The summed E-state index contributed by atoms with van der Waals surface area (Å²) in [6.07, 6.45) is 5.42. The fourth-order valence-corrected chi connectivity index (χ4v) is 1.90. The van der Waals surface area contributed by atoms with Gasteiger partial charge in [-0.05, 0) is 18.8 Å². The first-order valence-electron chi connectivity index (χ1n) is 5.07. The highest BCUT2D eigenvalue weighted by Crippen LogP contribution is 2.28. The van der Waals surface area contributed by atoms with Gasteiger partial charge in [0.1, 0.15) is 0 Å². The molecule has 0 radical (unpaired) electrons. The molecule has 0 N–H and O–H groups in total. The van der Waals surface area contributed by atoms with E-state index in [0.29, 0.717) is 5.88 Å². The molecule has 0 amide bonds. The SMILES string of the molecule is C=C(C)c1cnc(OC)c2cnc(SC)nc12. The number of thioether (sulfide) groups is 1. The Morgan fingerprint density at radius 2 is 2.12 bits per heavy atom. The molecule has 2 heterocycles. The van der Waals surface area contributed by atoms with Crippen molar-refractivity contribution < 1.29 is 4.74 Å². The third-order valence-electron chi connectivity index (χ3n) is 2.40. The van der Waals surface area contributed by atoms with E-state index in [-0.39, 0.29) is 0 Å². The van der Waals surface area contributed by atoms with Gasteiger partial charge < -0.3 is 4.74 Å². The summed E-state index contributed by atoms with van der Waals surface area (Å²) in [7, 11) is 1.59. The molecule has 17 heavy (non-hydrogen) atoms. The molecule has 0 unspecified atom stereocenters. The van der Waals surface area contributed by atoms with Crippen molar-refractivity contribution in [3.63, 3.8) is 0 Å². The van der Waals surface area contributed by atoms with Crippen molar-refractivity contribution in [2.45, 2.75) is 12.1 Å². The molecular weight excluding hydrogens is 234 g/mol. The van der Waals surface area contributed by atoms with Gasteiger partial charge in [-0.2, -0.15) is 0 Å². The molecular formula is C12H13N3OS. The molecule has 2 aromatic rings. The van der Waals surface area contributed by atoms with Gasteiger partial charge in [-0.15, -0.1) is 0 Å². The van der Waals surface area contributed by atoms with Gasteiger partial charge in [-0.1, -0.05) is 18.3 Å². The van der Waals surface area contributed by atoms with Gasteiger partial charge in [0.25, 0.3) is 0 Å². The van der Waals surface area contributed by atoms with Gasteiger partial charge >= 0.3 is 0 Å². The van der Waals surface area contributed by atoms with Gasteiger partial charge in [0, 0.05) is 18.0 Å². The summed E-state index contributed by atoms with van der Waals surface area (Å²) in [4.78, 5) is 13.0. The van der Waals surface area contributed by atoms with Gasteiger partial charge in [-0.25, -0.2) is 15.0 Å². The minimum Gasteiger partial charge on any atom is -0.480 e. The second-order valence-electron chi connectivity index (χ2n) is 3.58. The highest BCUT2D eigenvalue weighted by molar-refractivity contribution is 7.98. The van der Waals surface area contributed by atoms with Crippen LogP contribution in [-0.4, -0.2) is 28.3 Å². The van der Waals surface area contributed by atoms with Gasteiger partial charge in [0.2, 0.25) is 5.88 Å². The number of aromatic nitrogens is 3. The lowest BCUT2D eigenvalue weighted by Gasteiger charge is -2.08. The van der Waals surface area contributed by atoms with E-state index in [0.717, 1.165) is 27.2 Å². The summed E-state index contributed by atoms with van der Waals surface area (Å²) in [6.45, 7) is 5.87. The summed E-state index contributed by atoms with van der Waals surface area (Å²) in [5.74, 6) is 0.539. The van der Waals surface area contributed by atoms with Crippen molar-refractivity contribution in [1.29, 1.82) is 0 Å². The van der Waals surface area contributed by atoms with Crippen molar-refractivity contribution in [2.75, 3.05) is 13.4 Å². The Morgan fingerprint density at radius 1 is 1.35 bits per heavy atom. The minimum atomic E-state index is 0.539. The van der Waals surface area contributed by atoms with Crippen molar-refractivity contribution >= 4 is 28.2 Å². The van der Waals surface area contributed by atoms with E-state index in [4.69, 9.17) is 4.74 Å². The largest absolute Gasteiger partial charge is 0.480 e. The number of rotatable bonds is 3. The summed E-state index contributed by atoms with van der Waals surface area (Å²) in [5, 5.41) is 1.54. The average molecular weight is 247 g/mol. The summed E-state index contributed by atoms with van der Waals surface area (Å²) < 4.78 is 5.21. The molecule has 2 rings (SSSR count). The Hall–Kier alpha value is -1.62. The second-order valence-corrected chi connectivity index (χ2v) is 4.35. The Balaban J connectivity index is 2.80. The Labute approximate surface area is 104 Å². The van der Waals surface area contributed by atoms with Crippen LogP contribution in [0.1, 0.15) is 12.5 Å². The zero-order chi connectivity index (χ0) is 12.4. The maximum atomic E-state index is 5.21. The summed E-state index contributed by atoms with van der Waals surface area (Å²) in [5.41, 5.74) is 2.69.